The molecule has 1 heterocycles. The normalized spacial score (nSPS) is 11.1. The monoisotopic (exact) mass is 385 g/mol. The first-order valence-electron chi connectivity index (χ1n) is 8.18. The molecule has 0 aliphatic rings. The molecule has 0 atom stereocenters. The minimum Gasteiger partial charge on any atom is -0.412 e. The summed E-state index contributed by atoms with van der Waals surface area (Å²) in [6.45, 7) is 0.0288. The van der Waals surface area contributed by atoms with Gasteiger partial charge in [0.25, 0.3) is 0 Å². The number of amides is 1. The van der Waals surface area contributed by atoms with Crippen molar-refractivity contribution in [3.8, 4) is 23.8 Å². The summed E-state index contributed by atoms with van der Waals surface area (Å²) in [5.41, 5.74) is 1.34. The van der Waals surface area contributed by atoms with Crippen LogP contribution in [-0.2, 0) is 12.6 Å². The number of rotatable bonds is 5. The molecule has 3 aromatic rings. The maximum atomic E-state index is 12.7. The predicted octanol–water partition coefficient (Wildman–Crippen LogP) is 3.71. The van der Waals surface area contributed by atoms with Crippen molar-refractivity contribution in [1.82, 2.24) is 15.5 Å². The second kappa shape index (κ2) is 7.96. The zero-order valence-electron chi connectivity index (χ0n) is 14.5. The zero-order valence-corrected chi connectivity index (χ0v) is 14.5. The van der Waals surface area contributed by atoms with Gasteiger partial charge in [0.2, 0.25) is 5.89 Å². The van der Waals surface area contributed by atoms with Gasteiger partial charge in [-0.25, -0.2) is 0 Å². The number of carbonyl (C=O) groups excluding carboxylic acids is 1. The van der Waals surface area contributed by atoms with Gasteiger partial charge in [0.05, 0.1) is 12.1 Å². The summed E-state index contributed by atoms with van der Waals surface area (Å²) in [6, 6.07) is 12.0. The third-order valence-corrected chi connectivity index (χ3v) is 3.89. The number of nitrogens with one attached hydrogen (secondary N) is 1. The van der Waals surface area contributed by atoms with Gasteiger partial charge in [-0.3, -0.25) is 4.79 Å². The SMILES string of the molecule is C#CCNC(=O)c1nnc(-c2ccccc2Cc2ccc(C(F)(F)F)cc2)o1. The van der Waals surface area contributed by atoms with E-state index >= 15 is 0 Å². The Hall–Kier alpha value is -3.60. The number of halogens is 3. The van der Waals surface area contributed by atoms with Crippen molar-refractivity contribution in [1.29, 1.82) is 0 Å². The number of carbonyl (C=O) groups is 1. The molecule has 142 valence electrons. The number of nitrogens with zero attached hydrogens (tertiary/aromatic N) is 2. The van der Waals surface area contributed by atoms with E-state index in [4.69, 9.17) is 10.8 Å². The number of alkyl halides is 3. The van der Waals surface area contributed by atoms with E-state index in [1.165, 1.54) is 12.1 Å². The van der Waals surface area contributed by atoms with E-state index in [0.29, 0.717) is 17.5 Å². The Morgan fingerprint density at radius 1 is 1.11 bits per heavy atom. The van der Waals surface area contributed by atoms with Gasteiger partial charge in [0.1, 0.15) is 0 Å². The number of aromatic nitrogens is 2. The average molecular weight is 385 g/mol. The van der Waals surface area contributed by atoms with Gasteiger partial charge in [0.15, 0.2) is 0 Å². The van der Waals surface area contributed by atoms with Crippen LogP contribution in [0.1, 0.15) is 27.4 Å². The molecule has 0 bridgehead atoms. The van der Waals surface area contributed by atoms with Crippen LogP contribution in [-0.4, -0.2) is 22.6 Å². The van der Waals surface area contributed by atoms with Crippen LogP contribution < -0.4 is 5.32 Å². The van der Waals surface area contributed by atoms with Gasteiger partial charge in [0, 0.05) is 5.56 Å². The minimum absolute atomic E-state index is 0.0288. The Bertz CT molecular complexity index is 1020. The number of hydrogen-bond donors (Lipinski definition) is 1. The molecular formula is C20H14F3N3O2. The molecule has 1 amide bonds. The van der Waals surface area contributed by atoms with Crippen LogP contribution >= 0.6 is 0 Å². The first-order chi connectivity index (χ1) is 13.4. The molecule has 2 aromatic carbocycles. The average Bonchev–Trinajstić information content (AvgIpc) is 3.16. The van der Waals surface area contributed by atoms with E-state index in [9.17, 15) is 18.0 Å². The van der Waals surface area contributed by atoms with Crippen molar-refractivity contribution < 1.29 is 22.4 Å². The standard InChI is InChI=1S/C20H14F3N3O2/c1-2-11-24-17(27)19-26-25-18(28-19)16-6-4-3-5-14(16)12-13-7-9-15(10-8-13)20(21,22)23/h1,3-10H,11-12H2,(H,24,27). The summed E-state index contributed by atoms with van der Waals surface area (Å²) < 4.78 is 43.5. The maximum absolute atomic E-state index is 12.7. The van der Waals surface area contributed by atoms with Gasteiger partial charge in [-0.2, -0.15) is 13.2 Å². The van der Waals surface area contributed by atoms with E-state index in [-0.39, 0.29) is 18.3 Å². The molecule has 0 saturated heterocycles. The Labute approximate surface area is 158 Å². The Kier molecular flexibility index (Phi) is 5.45. The summed E-state index contributed by atoms with van der Waals surface area (Å²) in [7, 11) is 0. The lowest BCUT2D eigenvalue weighted by Gasteiger charge is -2.09. The third-order valence-electron chi connectivity index (χ3n) is 3.89. The molecule has 0 aliphatic heterocycles. The summed E-state index contributed by atoms with van der Waals surface area (Å²) >= 11 is 0. The molecule has 5 nitrogen and oxygen atoms in total. The molecule has 0 radical (unpaired) electrons. The van der Waals surface area contributed by atoms with E-state index in [1.807, 2.05) is 0 Å². The highest BCUT2D eigenvalue weighted by atomic mass is 19.4. The maximum Gasteiger partial charge on any atom is 0.416 e. The quantitative estimate of drug-likeness (QED) is 0.680. The summed E-state index contributed by atoms with van der Waals surface area (Å²) in [4.78, 5) is 11.8. The fourth-order valence-electron chi connectivity index (χ4n) is 2.55. The number of hydrogen-bond acceptors (Lipinski definition) is 4. The molecule has 28 heavy (non-hydrogen) atoms. The molecule has 0 aliphatic carbocycles. The van der Waals surface area contributed by atoms with E-state index < -0.39 is 17.6 Å². The van der Waals surface area contributed by atoms with Crippen LogP contribution in [0.3, 0.4) is 0 Å². The number of terminal acetylenes is 1. The van der Waals surface area contributed by atoms with Crippen molar-refractivity contribution in [3.05, 3.63) is 71.1 Å². The van der Waals surface area contributed by atoms with Gasteiger partial charge in [-0.05, 0) is 35.7 Å². The van der Waals surface area contributed by atoms with Crippen molar-refractivity contribution in [3.63, 3.8) is 0 Å². The third kappa shape index (κ3) is 4.38. The zero-order chi connectivity index (χ0) is 20.1. The molecule has 0 spiro atoms. The van der Waals surface area contributed by atoms with Crippen LogP contribution in [0.2, 0.25) is 0 Å². The van der Waals surface area contributed by atoms with E-state index in [0.717, 1.165) is 17.7 Å². The molecular weight excluding hydrogens is 371 g/mol. The van der Waals surface area contributed by atoms with Crippen molar-refractivity contribution in [2.45, 2.75) is 12.6 Å². The molecule has 8 heteroatoms. The molecule has 1 N–H and O–H groups in total. The van der Waals surface area contributed by atoms with Crippen LogP contribution in [0.25, 0.3) is 11.5 Å². The topological polar surface area (TPSA) is 68.0 Å². The highest BCUT2D eigenvalue weighted by Crippen LogP contribution is 2.30. The molecule has 1 aromatic heterocycles. The molecule has 0 fully saturated rings. The Morgan fingerprint density at radius 2 is 1.82 bits per heavy atom. The van der Waals surface area contributed by atoms with Crippen LogP contribution in [0.4, 0.5) is 13.2 Å². The van der Waals surface area contributed by atoms with Gasteiger partial charge < -0.3 is 9.73 Å². The fourth-order valence-corrected chi connectivity index (χ4v) is 2.55. The van der Waals surface area contributed by atoms with Gasteiger partial charge in [-0.15, -0.1) is 16.6 Å². The molecule has 0 unspecified atom stereocenters. The second-order valence-electron chi connectivity index (χ2n) is 5.83. The van der Waals surface area contributed by atoms with Crippen LogP contribution in [0, 0.1) is 12.3 Å². The first-order valence-corrected chi connectivity index (χ1v) is 8.18. The second-order valence-corrected chi connectivity index (χ2v) is 5.83. The summed E-state index contributed by atoms with van der Waals surface area (Å²) in [5, 5.41) is 10.0. The van der Waals surface area contributed by atoms with Gasteiger partial charge >= 0.3 is 18.0 Å². The van der Waals surface area contributed by atoms with E-state index in [1.54, 1.807) is 24.3 Å². The van der Waals surface area contributed by atoms with Gasteiger partial charge in [-0.1, -0.05) is 36.3 Å². The summed E-state index contributed by atoms with van der Waals surface area (Å²) in [5.74, 6) is 1.58. The van der Waals surface area contributed by atoms with Crippen molar-refractivity contribution in [2.24, 2.45) is 0 Å². The van der Waals surface area contributed by atoms with Crippen molar-refractivity contribution in [2.75, 3.05) is 6.54 Å². The number of benzene rings is 2. The lowest BCUT2D eigenvalue weighted by molar-refractivity contribution is -0.137. The smallest absolute Gasteiger partial charge is 0.412 e. The summed E-state index contributed by atoms with van der Waals surface area (Å²) in [6.07, 6.45) is 1.06. The minimum atomic E-state index is -4.38. The highest BCUT2D eigenvalue weighted by molar-refractivity contribution is 5.89. The molecule has 3 rings (SSSR count). The lowest BCUT2D eigenvalue weighted by atomic mass is 9.99. The van der Waals surface area contributed by atoms with Crippen molar-refractivity contribution >= 4 is 5.91 Å². The Balaban J connectivity index is 1.83. The predicted molar refractivity (Wildman–Crippen MR) is 95.2 cm³/mol. The highest BCUT2D eigenvalue weighted by Gasteiger charge is 2.30. The van der Waals surface area contributed by atoms with E-state index in [2.05, 4.69) is 21.4 Å². The fraction of sp³-hybridized carbons (Fsp3) is 0.150. The van der Waals surface area contributed by atoms with Crippen LogP contribution in [0.15, 0.2) is 52.9 Å². The largest absolute Gasteiger partial charge is 0.416 e. The Morgan fingerprint density at radius 3 is 2.50 bits per heavy atom. The first kappa shape index (κ1) is 19.2. The van der Waals surface area contributed by atoms with Crippen LogP contribution in [0.5, 0.6) is 0 Å². The lowest BCUT2D eigenvalue weighted by Crippen LogP contribution is -2.23. The molecule has 0 saturated carbocycles.